The molecule has 2 heterocycles. The SMILES string of the molecule is CC1(NC(=O)OC(C)(C)C)CCN(C(=O)OCc2ccccc2)CC1.CN(C(=O)OC(C)(C)C)C1(C)CCN(C(=O)OCc2ccccc2)CC1. The average molecular weight is 711 g/mol. The Morgan fingerprint density at radius 2 is 1.06 bits per heavy atom. The number of hydrogen-bond donors (Lipinski definition) is 1. The van der Waals surface area contributed by atoms with Crippen LogP contribution in [-0.2, 0) is 32.2 Å². The lowest BCUT2D eigenvalue weighted by Gasteiger charge is -2.44. The topological polar surface area (TPSA) is 127 Å². The first-order chi connectivity index (χ1) is 23.8. The van der Waals surface area contributed by atoms with Crippen molar-refractivity contribution in [2.45, 2.75) is 117 Å². The van der Waals surface area contributed by atoms with Crippen LogP contribution in [0.5, 0.6) is 0 Å². The van der Waals surface area contributed by atoms with Gasteiger partial charge in [0, 0.05) is 44.3 Å². The zero-order valence-electron chi connectivity index (χ0n) is 32.0. The Bertz CT molecular complexity index is 1420. The van der Waals surface area contributed by atoms with E-state index in [1.165, 1.54) is 0 Å². The Hall–Kier alpha value is -4.48. The summed E-state index contributed by atoms with van der Waals surface area (Å²) in [5.41, 5.74) is 0.167. The van der Waals surface area contributed by atoms with Gasteiger partial charge in [-0.15, -0.1) is 0 Å². The number of alkyl carbamates (subject to hydrolysis) is 1. The highest BCUT2D eigenvalue weighted by Gasteiger charge is 2.39. The molecule has 2 aliphatic rings. The van der Waals surface area contributed by atoms with Gasteiger partial charge >= 0.3 is 24.4 Å². The molecule has 0 radical (unpaired) electrons. The van der Waals surface area contributed by atoms with Gasteiger partial charge in [0.2, 0.25) is 0 Å². The van der Waals surface area contributed by atoms with Gasteiger partial charge in [0.05, 0.1) is 0 Å². The molecule has 0 aromatic heterocycles. The molecule has 0 aliphatic carbocycles. The standard InChI is InChI=1S/C20H30N2O4.C19H28N2O4/c1-19(2,3)26-17(23)21(5)20(4)11-13-22(14-12-20)18(24)25-15-16-9-7-6-8-10-16;1-18(2,3)25-16(22)20-19(4)10-12-21(13-11-19)17(23)24-14-15-8-6-5-7-9-15/h6-10H,11-15H2,1-5H3;5-9H,10-14H2,1-4H3,(H,20,22). The fourth-order valence-corrected chi connectivity index (χ4v) is 5.54. The van der Waals surface area contributed by atoms with E-state index in [0.717, 1.165) is 11.1 Å². The number of benzene rings is 2. The van der Waals surface area contributed by atoms with Crippen LogP contribution in [0.1, 0.15) is 92.2 Å². The number of rotatable bonds is 6. The number of ether oxygens (including phenoxy) is 4. The van der Waals surface area contributed by atoms with Gasteiger partial charge in [-0.3, -0.25) is 0 Å². The number of likely N-dealkylation sites (tertiary alicyclic amines) is 2. The molecular weight excluding hydrogens is 652 g/mol. The van der Waals surface area contributed by atoms with Gasteiger partial charge < -0.3 is 39.0 Å². The molecule has 0 spiro atoms. The second-order valence-corrected chi connectivity index (χ2v) is 15.8. The number of carbonyl (C=O) groups is 4. The second kappa shape index (κ2) is 17.6. The number of nitrogens with one attached hydrogen (secondary N) is 1. The van der Waals surface area contributed by atoms with Gasteiger partial charge in [-0.1, -0.05) is 60.7 Å². The quantitative estimate of drug-likeness (QED) is 0.302. The van der Waals surface area contributed by atoms with Crippen molar-refractivity contribution in [3.05, 3.63) is 71.8 Å². The monoisotopic (exact) mass is 710 g/mol. The summed E-state index contributed by atoms with van der Waals surface area (Å²) in [7, 11) is 1.76. The van der Waals surface area contributed by atoms with Crippen LogP contribution in [0, 0.1) is 0 Å². The molecule has 2 fully saturated rings. The fraction of sp³-hybridized carbons (Fsp3) is 0.590. The van der Waals surface area contributed by atoms with Gasteiger partial charge in [-0.2, -0.15) is 0 Å². The van der Waals surface area contributed by atoms with Gasteiger partial charge in [0.1, 0.15) is 24.4 Å². The highest BCUT2D eigenvalue weighted by atomic mass is 16.6. The van der Waals surface area contributed by atoms with Gasteiger partial charge in [-0.25, -0.2) is 19.2 Å². The Morgan fingerprint density at radius 1 is 0.667 bits per heavy atom. The molecule has 4 rings (SSSR count). The zero-order chi connectivity index (χ0) is 37.9. The Balaban J connectivity index is 0.000000276. The molecule has 2 aromatic carbocycles. The molecule has 2 aromatic rings. The molecule has 0 atom stereocenters. The van der Waals surface area contributed by atoms with Gasteiger partial charge in [0.15, 0.2) is 0 Å². The Labute approximate surface area is 303 Å². The summed E-state index contributed by atoms with van der Waals surface area (Å²) in [5.74, 6) is 0. The first kappa shape index (κ1) is 40.9. The normalized spacial score (nSPS) is 16.8. The van der Waals surface area contributed by atoms with E-state index in [2.05, 4.69) is 5.32 Å². The molecule has 51 heavy (non-hydrogen) atoms. The smallest absolute Gasteiger partial charge is 0.410 e. The minimum Gasteiger partial charge on any atom is -0.445 e. The van der Waals surface area contributed by atoms with Crippen molar-refractivity contribution in [1.29, 1.82) is 0 Å². The predicted octanol–water partition coefficient (Wildman–Crippen LogP) is 7.75. The summed E-state index contributed by atoms with van der Waals surface area (Å²) >= 11 is 0. The lowest BCUT2D eigenvalue weighted by Crippen LogP contribution is -2.55. The molecule has 12 heteroatoms. The van der Waals surface area contributed by atoms with Crippen LogP contribution in [0.15, 0.2) is 60.7 Å². The molecule has 282 valence electrons. The van der Waals surface area contributed by atoms with Crippen LogP contribution in [0.4, 0.5) is 19.2 Å². The molecule has 2 aliphatic heterocycles. The van der Waals surface area contributed by atoms with Crippen LogP contribution in [0.25, 0.3) is 0 Å². The highest BCUT2D eigenvalue weighted by molar-refractivity contribution is 5.70. The van der Waals surface area contributed by atoms with Crippen molar-refractivity contribution in [1.82, 2.24) is 20.0 Å². The number of carbonyl (C=O) groups excluding carboxylic acids is 4. The molecule has 2 saturated heterocycles. The maximum Gasteiger partial charge on any atom is 0.410 e. The zero-order valence-corrected chi connectivity index (χ0v) is 32.0. The van der Waals surface area contributed by atoms with Crippen molar-refractivity contribution in [2.75, 3.05) is 33.2 Å². The van der Waals surface area contributed by atoms with Crippen molar-refractivity contribution < 1.29 is 38.1 Å². The largest absolute Gasteiger partial charge is 0.445 e. The summed E-state index contributed by atoms with van der Waals surface area (Å²) in [6.07, 6.45) is 1.31. The molecule has 12 nitrogen and oxygen atoms in total. The average Bonchev–Trinajstić information content (AvgIpc) is 3.06. The van der Waals surface area contributed by atoms with E-state index < -0.39 is 17.3 Å². The van der Waals surface area contributed by atoms with E-state index >= 15 is 0 Å². The van der Waals surface area contributed by atoms with Crippen LogP contribution in [0.2, 0.25) is 0 Å². The second-order valence-electron chi connectivity index (χ2n) is 15.8. The number of amides is 4. The summed E-state index contributed by atoms with van der Waals surface area (Å²) in [6, 6.07) is 19.2. The third-order valence-corrected chi connectivity index (χ3v) is 8.91. The van der Waals surface area contributed by atoms with E-state index in [1.54, 1.807) is 21.7 Å². The van der Waals surface area contributed by atoms with E-state index in [-0.39, 0.29) is 42.6 Å². The first-order valence-corrected chi connectivity index (χ1v) is 17.7. The van der Waals surface area contributed by atoms with Crippen molar-refractivity contribution in [2.24, 2.45) is 0 Å². The van der Waals surface area contributed by atoms with Crippen LogP contribution in [-0.4, -0.2) is 94.6 Å². The Morgan fingerprint density at radius 3 is 1.45 bits per heavy atom. The van der Waals surface area contributed by atoms with Crippen molar-refractivity contribution in [3.8, 4) is 0 Å². The number of piperidine rings is 2. The number of nitrogens with zero attached hydrogens (tertiary/aromatic N) is 3. The molecule has 0 unspecified atom stereocenters. The minimum atomic E-state index is -0.525. The highest BCUT2D eigenvalue weighted by Crippen LogP contribution is 2.29. The maximum absolute atomic E-state index is 12.3. The summed E-state index contributed by atoms with van der Waals surface area (Å²) in [4.78, 5) is 53.8. The summed E-state index contributed by atoms with van der Waals surface area (Å²) < 4.78 is 21.5. The van der Waals surface area contributed by atoms with Crippen molar-refractivity contribution in [3.63, 3.8) is 0 Å². The van der Waals surface area contributed by atoms with E-state index in [0.29, 0.717) is 51.9 Å². The van der Waals surface area contributed by atoms with Gasteiger partial charge in [-0.05, 0) is 92.2 Å². The van der Waals surface area contributed by atoms with E-state index in [9.17, 15) is 19.2 Å². The third-order valence-electron chi connectivity index (χ3n) is 8.91. The van der Waals surface area contributed by atoms with Crippen molar-refractivity contribution >= 4 is 24.4 Å². The van der Waals surface area contributed by atoms with E-state index in [4.69, 9.17) is 18.9 Å². The maximum atomic E-state index is 12.3. The lowest BCUT2D eigenvalue weighted by molar-refractivity contribution is -0.00699. The Kier molecular flexibility index (Phi) is 14.2. The lowest BCUT2D eigenvalue weighted by atomic mass is 9.88. The molecular formula is C39H58N4O8. The summed E-state index contributed by atoms with van der Waals surface area (Å²) in [5, 5.41) is 2.93. The van der Waals surface area contributed by atoms with Crippen LogP contribution in [0.3, 0.4) is 0 Å². The van der Waals surface area contributed by atoms with Crippen LogP contribution >= 0.6 is 0 Å². The van der Waals surface area contributed by atoms with Crippen LogP contribution < -0.4 is 5.32 Å². The molecule has 1 N–H and O–H groups in total. The van der Waals surface area contributed by atoms with Gasteiger partial charge in [0.25, 0.3) is 0 Å². The third kappa shape index (κ3) is 14.0. The molecule has 4 amide bonds. The predicted molar refractivity (Wildman–Crippen MR) is 195 cm³/mol. The molecule has 0 saturated carbocycles. The van der Waals surface area contributed by atoms with E-state index in [1.807, 2.05) is 116 Å². The molecule has 0 bridgehead atoms. The fourth-order valence-electron chi connectivity index (χ4n) is 5.54. The minimum absolute atomic E-state index is 0.267. The summed E-state index contributed by atoms with van der Waals surface area (Å²) in [6.45, 7) is 17.8. The first-order valence-electron chi connectivity index (χ1n) is 17.7. The number of hydrogen-bond acceptors (Lipinski definition) is 8.